The van der Waals surface area contributed by atoms with E-state index < -0.39 is 0 Å². The molecule has 2 heterocycles. The van der Waals surface area contributed by atoms with E-state index in [1.807, 2.05) is 49.9 Å². The van der Waals surface area contributed by atoms with Crippen LogP contribution in [0.4, 0.5) is 0 Å². The van der Waals surface area contributed by atoms with Crippen molar-refractivity contribution in [3.8, 4) is 5.75 Å². The van der Waals surface area contributed by atoms with Crippen LogP contribution in [-0.4, -0.2) is 17.6 Å². The summed E-state index contributed by atoms with van der Waals surface area (Å²) in [7, 11) is 0. The first-order valence-electron chi connectivity index (χ1n) is 7.15. The molecule has 21 heavy (non-hydrogen) atoms. The fourth-order valence-corrected chi connectivity index (χ4v) is 4.73. The summed E-state index contributed by atoms with van der Waals surface area (Å²) >= 11 is 3.59. The highest BCUT2D eigenvalue weighted by Gasteiger charge is 2.21. The van der Waals surface area contributed by atoms with Gasteiger partial charge < -0.3 is 4.74 Å². The van der Waals surface area contributed by atoms with E-state index in [1.165, 1.54) is 10.4 Å². The first-order valence-corrected chi connectivity index (χ1v) is 9.12. The van der Waals surface area contributed by atoms with Crippen molar-refractivity contribution in [1.82, 2.24) is 0 Å². The summed E-state index contributed by atoms with van der Waals surface area (Å²) < 4.78 is 5.77. The number of thioether (sulfide) groups is 1. The molecule has 0 spiro atoms. The number of carbonyl (C=O) groups is 1. The van der Waals surface area contributed by atoms with Gasteiger partial charge in [-0.15, -0.1) is 11.3 Å². The van der Waals surface area contributed by atoms with E-state index in [1.54, 1.807) is 11.3 Å². The Balaban J connectivity index is 1.93. The van der Waals surface area contributed by atoms with Gasteiger partial charge in [-0.05, 0) is 49.8 Å². The Hall–Kier alpha value is -1.26. The largest absolute Gasteiger partial charge is 0.490 e. The lowest BCUT2D eigenvalue weighted by Gasteiger charge is -2.12. The molecule has 1 aliphatic rings. The topological polar surface area (TPSA) is 26.3 Å². The molecule has 0 saturated carbocycles. The van der Waals surface area contributed by atoms with Crippen LogP contribution in [0, 0.1) is 0 Å². The second-order valence-electron chi connectivity index (χ2n) is 5.35. The molecule has 0 radical (unpaired) electrons. The summed E-state index contributed by atoms with van der Waals surface area (Å²) in [5.74, 6) is 2.95. The molecule has 0 amide bonds. The van der Waals surface area contributed by atoms with Gasteiger partial charge in [0.2, 0.25) is 5.78 Å². The Morgan fingerprint density at radius 2 is 2.10 bits per heavy atom. The van der Waals surface area contributed by atoms with E-state index in [0.717, 1.165) is 22.8 Å². The summed E-state index contributed by atoms with van der Waals surface area (Å²) in [6.07, 6.45) is 1.15. The van der Waals surface area contributed by atoms with Crippen LogP contribution in [0.25, 0.3) is 0 Å². The van der Waals surface area contributed by atoms with Gasteiger partial charge in [-0.3, -0.25) is 4.79 Å². The van der Waals surface area contributed by atoms with Crippen LogP contribution in [0.1, 0.15) is 39.5 Å². The second-order valence-corrected chi connectivity index (χ2v) is 7.60. The molecule has 1 aromatic heterocycles. The van der Waals surface area contributed by atoms with E-state index in [2.05, 4.69) is 6.07 Å². The lowest BCUT2D eigenvalue weighted by atomic mass is 10.1. The Kier molecular flexibility index (Phi) is 4.36. The number of para-hydroxylation sites is 1. The Labute approximate surface area is 133 Å². The number of ether oxygens (including phenoxy) is 1. The molecule has 0 fully saturated rings. The van der Waals surface area contributed by atoms with Crippen molar-refractivity contribution in [1.29, 1.82) is 0 Å². The van der Waals surface area contributed by atoms with Crippen molar-refractivity contribution in [2.75, 3.05) is 5.75 Å². The van der Waals surface area contributed by atoms with Crippen LogP contribution in [-0.2, 0) is 12.2 Å². The summed E-state index contributed by atoms with van der Waals surface area (Å²) in [6.45, 7) is 3.95. The van der Waals surface area contributed by atoms with Crippen molar-refractivity contribution in [3.05, 3.63) is 51.2 Å². The van der Waals surface area contributed by atoms with Gasteiger partial charge in [-0.25, -0.2) is 0 Å². The van der Waals surface area contributed by atoms with Crippen molar-refractivity contribution in [2.24, 2.45) is 0 Å². The Morgan fingerprint density at radius 3 is 2.86 bits per heavy atom. The summed E-state index contributed by atoms with van der Waals surface area (Å²) in [4.78, 5) is 15.0. The van der Waals surface area contributed by atoms with E-state index in [4.69, 9.17) is 4.74 Å². The SMILES string of the molecule is CC(C)Oc1ccccc1C(=O)c1cc2c(s1)CCSC2. The zero-order valence-electron chi connectivity index (χ0n) is 12.2. The van der Waals surface area contributed by atoms with Gasteiger partial charge in [0.1, 0.15) is 5.75 Å². The van der Waals surface area contributed by atoms with Crippen LogP contribution in [0.15, 0.2) is 30.3 Å². The lowest BCUT2D eigenvalue weighted by Crippen LogP contribution is -2.10. The highest BCUT2D eigenvalue weighted by molar-refractivity contribution is 7.98. The zero-order chi connectivity index (χ0) is 14.8. The predicted molar refractivity (Wildman–Crippen MR) is 89.8 cm³/mol. The summed E-state index contributed by atoms with van der Waals surface area (Å²) in [5.41, 5.74) is 2.00. The maximum atomic E-state index is 12.8. The highest BCUT2D eigenvalue weighted by Crippen LogP contribution is 2.34. The fraction of sp³-hybridized carbons (Fsp3) is 0.353. The molecule has 1 aliphatic heterocycles. The van der Waals surface area contributed by atoms with Crippen LogP contribution < -0.4 is 4.74 Å². The predicted octanol–water partition coefficient (Wildman–Crippen LogP) is 4.56. The molecule has 0 atom stereocenters. The Bertz CT molecular complexity index is 635. The van der Waals surface area contributed by atoms with Crippen LogP contribution in [0.2, 0.25) is 0 Å². The third kappa shape index (κ3) is 3.16. The standard InChI is InChI=1S/C17H18O2S2/c1-11(2)19-14-6-4-3-5-13(14)17(18)16-9-12-10-20-8-7-15(12)21-16/h3-6,9,11H,7-8,10H2,1-2H3. The second kappa shape index (κ2) is 6.24. The maximum Gasteiger partial charge on any atom is 0.206 e. The highest BCUT2D eigenvalue weighted by atomic mass is 32.2. The number of aryl methyl sites for hydroxylation is 1. The number of hydrogen-bond acceptors (Lipinski definition) is 4. The molecule has 2 nitrogen and oxygen atoms in total. The third-order valence-corrected chi connectivity index (χ3v) is 5.59. The zero-order valence-corrected chi connectivity index (χ0v) is 13.9. The molecule has 110 valence electrons. The molecule has 0 N–H and O–H groups in total. The minimum absolute atomic E-state index is 0.0619. The van der Waals surface area contributed by atoms with Crippen molar-refractivity contribution >= 4 is 28.9 Å². The molecule has 0 unspecified atom stereocenters. The van der Waals surface area contributed by atoms with Crippen molar-refractivity contribution in [2.45, 2.75) is 32.1 Å². The first kappa shape index (κ1) is 14.7. The molecular weight excluding hydrogens is 300 g/mol. The van der Waals surface area contributed by atoms with Gasteiger partial charge in [0.05, 0.1) is 16.5 Å². The minimum Gasteiger partial charge on any atom is -0.490 e. The van der Waals surface area contributed by atoms with E-state index in [-0.39, 0.29) is 11.9 Å². The molecule has 0 bridgehead atoms. The number of carbonyl (C=O) groups excluding carboxylic acids is 1. The average molecular weight is 318 g/mol. The first-order chi connectivity index (χ1) is 10.1. The van der Waals surface area contributed by atoms with Gasteiger partial charge in [-0.1, -0.05) is 12.1 Å². The molecule has 3 rings (SSSR count). The van der Waals surface area contributed by atoms with Crippen LogP contribution in [0.3, 0.4) is 0 Å². The molecule has 1 aromatic carbocycles. The maximum absolute atomic E-state index is 12.8. The number of fused-ring (bicyclic) bond motifs is 1. The molecule has 0 aliphatic carbocycles. The van der Waals surface area contributed by atoms with Gasteiger partial charge in [0.15, 0.2) is 0 Å². The van der Waals surface area contributed by atoms with Gasteiger partial charge in [-0.2, -0.15) is 11.8 Å². The Morgan fingerprint density at radius 1 is 1.29 bits per heavy atom. The van der Waals surface area contributed by atoms with Gasteiger partial charge >= 0.3 is 0 Å². The molecule has 2 aromatic rings. The quantitative estimate of drug-likeness (QED) is 0.773. The molecule has 4 heteroatoms. The average Bonchev–Trinajstić information content (AvgIpc) is 2.90. The van der Waals surface area contributed by atoms with E-state index in [9.17, 15) is 4.79 Å². The molecular formula is C17H18O2S2. The van der Waals surface area contributed by atoms with Crippen LogP contribution in [0.5, 0.6) is 5.75 Å². The number of benzene rings is 1. The third-order valence-electron chi connectivity index (χ3n) is 3.35. The van der Waals surface area contributed by atoms with Crippen molar-refractivity contribution in [3.63, 3.8) is 0 Å². The van der Waals surface area contributed by atoms with Gasteiger partial charge in [0, 0.05) is 10.6 Å². The fourth-order valence-electron chi connectivity index (χ4n) is 2.40. The normalized spacial score (nSPS) is 14.0. The number of thiophene rings is 1. The lowest BCUT2D eigenvalue weighted by molar-refractivity contribution is 0.103. The smallest absolute Gasteiger partial charge is 0.206 e. The van der Waals surface area contributed by atoms with Crippen LogP contribution >= 0.6 is 23.1 Å². The number of ketones is 1. The van der Waals surface area contributed by atoms with Gasteiger partial charge in [0.25, 0.3) is 0 Å². The number of hydrogen-bond donors (Lipinski definition) is 0. The number of rotatable bonds is 4. The summed E-state index contributed by atoms with van der Waals surface area (Å²) in [5, 5.41) is 0. The molecule has 0 saturated heterocycles. The van der Waals surface area contributed by atoms with Crippen molar-refractivity contribution < 1.29 is 9.53 Å². The summed E-state index contributed by atoms with van der Waals surface area (Å²) in [6, 6.07) is 9.60. The van der Waals surface area contributed by atoms with E-state index in [0.29, 0.717) is 11.3 Å². The monoisotopic (exact) mass is 318 g/mol. The minimum atomic E-state index is 0.0619. The van der Waals surface area contributed by atoms with E-state index >= 15 is 0 Å².